The number of rotatable bonds is 4. The fourth-order valence-electron chi connectivity index (χ4n) is 2.65. The lowest BCUT2D eigenvalue weighted by Gasteiger charge is -2.15. The Balaban J connectivity index is 1.75. The minimum absolute atomic E-state index is 0.172. The molecule has 1 N–H and O–H groups in total. The summed E-state index contributed by atoms with van der Waals surface area (Å²) < 4.78 is 0. The number of hydrogen-bond acceptors (Lipinski definition) is 3. The van der Waals surface area contributed by atoms with Crippen LogP contribution in [0.2, 0.25) is 0 Å². The first kappa shape index (κ1) is 14.3. The number of carboxylic acid groups (broad SMARTS) is 1. The Hall–Kier alpha value is -2.69. The molecule has 1 aromatic carbocycles. The molecule has 2 aromatic rings. The van der Waals surface area contributed by atoms with Crippen LogP contribution >= 0.6 is 0 Å². The molecule has 1 aromatic heterocycles. The summed E-state index contributed by atoms with van der Waals surface area (Å²) in [6.07, 6.45) is 5.16. The van der Waals surface area contributed by atoms with Crippen molar-refractivity contribution in [3.8, 4) is 0 Å². The van der Waals surface area contributed by atoms with Crippen molar-refractivity contribution in [2.75, 3.05) is 11.4 Å². The van der Waals surface area contributed by atoms with E-state index in [-0.39, 0.29) is 11.5 Å². The van der Waals surface area contributed by atoms with E-state index in [1.807, 2.05) is 24.3 Å². The molecule has 1 amide bonds. The zero-order valence-corrected chi connectivity index (χ0v) is 12.0. The van der Waals surface area contributed by atoms with Crippen LogP contribution in [0, 0.1) is 0 Å². The van der Waals surface area contributed by atoms with Crippen LogP contribution in [-0.4, -0.2) is 28.5 Å². The molecule has 1 aliphatic heterocycles. The predicted octanol–water partition coefficient (Wildman–Crippen LogP) is 2.50. The van der Waals surface area contributed by atoms with Gasteiger partial charge in [-0.1, -0.05) is 12.1 Å². The van der Waals surface area contributed by atoms with Crippen molar-refractivity contribution in [2.45, 2.75) is 19.3 Å². The van der Waals surface area contributed by atoms with Crippen molar-refractivity contribution < 1.29 is 14.7 Å². The molecule has 0 bridgehead atoms. The van der Waals surface area contributed by atoms with E-state index in [2.05, 4.69) is 4.98 Å². The normalized spacial score (nSPS) is 14.4. The number of pyridine rings is 1. The Morgan fingerprint density at radius 1 is 1.18 bits per heavy atom. The van der Waals surface area contributed by atoms with Crippen LogP contribution in [0.15, 0.2) is 42.7 Å². The summed E-state index contributed by atoms with van der Waals surface area (Å²) in [6, 6.07) is 9.44. The number of hydrogen-bond donors (Lipinski definition) is 1. The second kappa shape index (κ2) is 5.97. The monoisotopic (exact) mass is 296 g/mol. The first-order valence-electron chi connectivity index (χ1n) is 7.20. The summed E-state index contributed by atoms with van der Waals surface area (Å²) in [4.78, 5) is 28.4. The van der Waals surface area contributed by atoms with Gasteiger partial charge in [-0.3, -0.25) is 9.78 Å². The van der Waals surface area contributed by atoms with Crippen molar-refractivity contribution in [3.05, 3.63) is 59.4 Å². The van der Waals surface area contributed by atoms with Crippen molar-refractivity contribution in [1.82, 2.24) is 4.98 Å². The largest absolute Gasteiger partial charge is 0.478 e. The van der Waals surface area contributed by atoms with Crippen molar-refractivity contribution in [2.24, 2.45) is 0 Å². The molecule has 0 saturated carbocycles. The van der Waals surface area contributed by atoms with E-state index in [0.717, 1.165) is 29.8 Å². The summed E-state index contributed by atoms with van der Waals surface area (Å²) in [5.41, 5.74) is 3.02. The molecule has 5 nitrogen and oxygen atoms in total. The van der Waals surface area contributed by atoms with E-state index < -0.39 is 5.97 Å². The number of aromatic carboxylic acids is 1. The Bertz CT molecular complexity index is 710. The summed E-state index contributed by atoms with van der Waals surface area (Å²) in [7, 11) is 0. The highest BCUT2D eigenvalue weighted by Crippen LogP contribution is 2.22. The van der Waals surface area contributed by atoms with Crippen LogP contribution in [0.5, 0.6) is 0 Å². The molecule has 112 valence electrons. The number of carboxylic acids is 1. The van der Waals surface area contributed by atoms with Gasteiger partial charge >= 0.3 is 5.97 Å². The Labute approximate surface area is 128 Å². The van der Waals surface area contributed by atoms with Crippen molar-refractivity contribution in [3.63, 3.8) is 0 Å². The van der Waals surface area contributed by atoms with Gasteiger partial charge in [0.1, 0.15) is 0 Å². The van der Waals surface area contributed by atoms with E-state index in [0.29, 0.717) is 12.8 Å². The van der Waals surface area contributed by atoms with Gasteiger partial charge < -0.3 is 10.0 Å². The first-order valence-corrected chi connectivity index (χ1v) is 7.20. The predicted molar refractivity (Wildman–Crippen MR) is 82.0 cm³/mol. The molecule has 1 fully saturated rings. The number of amides is 1. The summed E-state index contributed by atoms with van der Waals surface area (Å²) in [5.74, 6) is -0.802. The molecule has 22 heavy (non-hydrogen) atoms. The van der Waals surface area contributed by atoms with Crippen LogP contribution < -0.4 is 4.90 Å². The van der Waals surface area contributed by atoms with Crippen LogP contribution in [0.3, 0.4) is 0 Å². The van der Waals surface area contributed by atoms with Gasteiger partial charge in [0, 0.05) is 31.0 Å². The molecule has 0 radical (unpaired) electrons. The first-order chi connectivity index (χ1) is 10.6. The standard InChI is InChI=1S/C17H16N2O3/c20-16-2-1-7-19(16)15-5-3-12(4-6-15)8-13-9-14(17(21)22)11-18-10-13/h3-6,9-11H,1-2,7-8H2,(H,21,22). The third kappa shape index (κ3) is 2.98. The zero-order chi connectivity index (χ0) is 15.5. The van der Waals surface area contributed by atoms with Gasteiger partial charge in [0.2, 0.25) is 5.91 Å². The van der Waals surface area contributed by atoms with Crippen molar-refractivity contribution in [1.29, 1.82) is 0 Å². The Morgan fingerprint density at radius 3 is 2.59 bits per heavy atom. The molecule has 2 heterocycles. The van der Waals surface area contributed by atoms with E-state index in [9.17, 15) is 9.59 Å². The van der Waals surface area contributed by atoms with E-state index in [1.54, 1.807) is 17.2 Å². The van der Waals surface area contributed by atoms with Gasteiger partial charge in [0.25, 0.3) is 0 Å². The second-order valence-corrected chi connectivity index (χ2v) is 5.38. The molecule has 0 atom stereocenters. The topological polar surface area (TPSA) is 70.5 Å². The molecule has 3 rings (SSSR count). The van der Waals surface area contributed by atoms with E-state index >= 15 is 0 Å². The number of benzene rings is 1. The second-order valence-electron chi connectivity index (χ2n) is 5.38. The molecule has 0 unspecified atom stereocenters. The quantitative estimate of drug-likeness (QED) is 0.941. The van der Waals surface area contributed by atoms with E-state index in [1.165, 1.54) is 6.20 Å². The highest BCUT2D eigenvalue weighted by Gasteiger charge is 2.21. The summed E-state index contributed by atoms with van der Waals surface area (Å²) in [6.45, 7) is 0.781. The minimum atomic E-state index is -0.975. The average molecular weight is 296 g/mol. The fraction of sp³-hybridized carbons (Fsp3) is 0.235. The molecule has 1 aliphatic rings. The van der Waals surface area contributed by atoms with Crippen LogP contribution in [-0.2, 0) is 11.2 Å². The molecular weight excluding hydrogens is 280 g/mol. The maximum Gasteiger partial charge on any atom is 0.337 e. The molecule has 5 heteroatoms. The van der Waals surface area contributed by atoms with Gasteiger partial charge in [-0.2, -0.15) is 0 Å². The van der Waals surface area contributed by atoms with Crippen LogP contribution in [0.4, 0.5) is 5.69 Å². The summed E-state index contributed by atoms with van der Waals surface area (Å²) >= 11 is 0. The number of nitrogens with zero attached hydrogens (tertiary/aromatic N) is 2. The third-order valence-corrected chi connectivity index (χ3v) is 3.77. The lowest BCUT2D eigenvalue weighted by atomic mass is 10.0. The van der Waals surface area contributed by atoms with E-state index in [4.69, 9.17) is 5.11 Å². The number of anilines is 1. The average Bonchev–Trinajstić information content (AvgIpc) is 2.94. The maximum atomic E-state index is 11.7. The molecule has 0 spiro atoms. The van der Waals surface area contributed by atoms with Gasteiger partial charge in [-0.05, 0) is 42.2 Å². The summed E-state index contributed by atoms with van der Waals surface area (Å²) in [5, 5.41) is 8.98. The highest BCUT2D eigenvalue weighted by atomic mass is 16.4. The molecule has 0 aliphatic carbocycles. The van der Waals surface area contributed by atoms with Gasteiger partial charge in [-0.15, -0.1) is 0 Å². The Morgan fingerprint density at radius 2 is 1.95 bits per heavy atom. The number of carbonyl (C=O) groups excluding carboxylic acids is 1. The smallest absolute Gasteiger partial charge is 0.337 e. The number of aromatic nitrogens is 1. The zero-order valence-electron chi connectivity index (χ0n) is 12.0. The maximum absolute atomic E-state index is 11.7. The van der Waals surface area contributed by atoms with Gasteiger partial charge in [0.15, 0.2) is 0 Å². The number of carbonyl (C=O) groups is 2. The third-order valence-electron chi connectivity index (χ3n) is 3.77. The van der Waals surface area contributed by atoms with Crippen molar-refractivity contribution >= 4 is 17.6 Å². The van der Waals surface area contributed by atoms with Gasteiger partial charge in [-0.25, -0.2) is 4.79 Å². The Kier molecular flexibility index (Phi) is 3.87. The highest BCUT2D eigenvalue weighted by molar-refractivity contribution is 5.95. The molecular formula is C17H16N2O3. The fourth-order valence-corrected chi connectivity index (χ4v) is 2.65. The lowest BCUT2D eigenvalue weighted by molar-refractivity contribution is -0.117. The van der Waals surface area contributed by atoms with Crippen LogP contribution in [0.25, 0.3) is 0 Å². The lowest BCUT2D eigenvalue weighted by Crippen LogP contribution is -2.23. The van der Waals surface area contributed by atoms with Crippen LogP contribution in [0.1, 0.15) is 34.3 Å². The minimum Gasteiger partial charge on any atom is -0.478 e. The SMILES string of the molecule is O=C(O)c1cncc(Cc2ccc(N3CCCC3=O)cc2)c1. The van der Waals surface area contributed by atoms with Gasteiger partial charge in [0.05, 0.1) is 5.56 Å². The molecule has 1 saturated heterocycles.